The summed E-state index contributed by atoms with van der Waals surface area (Å²) in [5.41, 5.74) is 7.21. The van der Waals surface area contributed by atoms with Gasteiger partial charge < -0.3 is 16.4 Å². The summed E-state index contributed by atoms with van der Waals surface area (Å²) in [6, 6.07) is 3.75. The Balaban J connectivity index is 1.82. The molecule has 3 amide bonds. The van der Waals surface area contributed by atoms with E-state index in [9.17, 15) is 14.4 Å². The highest BCUT2D eigenvalue weighted by Crippen LogP contribution is 2.39. The molecule has 3 rings (SSSR count). The second kappa shape index (κ2) is 10.9. The number of benzene rings is 1. The fourth-order valence-corrected chi connectivity index (χ4v) is 6.10. The van der Waals surface area contributed by atoms with Crippen LogP contribution in [0.1, 0.15) is 50.9 Å². The molecule has 0 spiro atoms. The first-order valence-corrected chi connectivity index (χ1v) is 13.2. The zero-order valence-corrected chi connectivity index (χ0v) is 20.9. The van der Waals surface area contributed by atoms with Crippen LogP contribution in [0.25, 0.3) is 0 Å². The van der Waals surface area contributed by atoms with Crippen molar-refractivity contribution in [2.45, 2.75) is 38.6 Å². The van der Waals surface area contributed by atoms with E-state index in [0.717, 1.165) is 29.7 Å². The average Bonchev–Trinajstić information content (AvgIpc) is 3.07. The molecule has 10 heteroatoms. The van der Waals surface area contributed by atoms with Crippen LogP contribution in [0.15, 0.2) is 18.2 Å². The number of anilines is 1. The van der Waals surface area contributed by atoms with E-state index in [4.69, 9.17) is 28.9 Å². The minimum absolute atomic E-state index is 0.204. The molecule has 0 radical (unpaired) electrons. The topological polar surface area (TPSA) is 101 Å². The first-order valence-electron chi connectivity index (χ1n) is 10.2. The van der Waals surface area contributed by atoms with Gasteiger partial charge in [-0.1, -0.05) is 30.1 Å². The highest BCUT2D eigenvalue weighted by atomic mass is 35.5. The lowest BCUT2D eigenvalue weighted by Crippen LogP contribution is -2.44. The monoisotopic (exact) mass is 513 g/mol. The van der Waals surface area contributed by atoms with E-state index in [0.29, 0.717) is 33.7 Å². The van der Waals surface area contributed by atoms with Gasteiger partial charge in [-0.2, -0.15) is 11.8 Å². The fourth-order valence-electron chi connectivity index (χ4n) is 3.71. The van der Waals surface area contributed by atoms with E-state index in [1.165, 1.54) is 23.5 Å². The maximum atomic E-state index is 13.1. The molecule has 1 aliphatic carbocycles. The molecule has 2 aromatic rings. The summed E-state index contributed by atoms with van der Waals surface area (Å²) in [5, 5.41) is 6.69. The second-order valence-corrected chi connectivity index (χ2v) is 10.8. The van der Waals surface area contributed by atoms with E-state index in [2.05, 4.69) is 17.6 Å². The Morgan fingerprint density at radius 2 is 2.06 bits per heavy atom. The highest BCUT2D eigenvalue weighted by Gasteiger charge is 2.29. The second-order valence-electron chi connectivity index (χ2n) is 7.84. The predicted molar refractivity (Wildman–Crippen MR) is 133 cm³/mol. The van der Waals surface area contributed by atoms with E-state index < -0.39 is 23.8 Å². The summed E-state index contributed by atoms with van der Waals surface area (Å²) in [6.07, 6.45) is 4.94. The first-order chi connectivity index (χ1) is 15.2. The van der Waals surface area contributed by atoms with Crippen LogP contribution in [0, 0.1) is 5.92 Å². The standard InChI is InChI=1S/C22H25Cl2N3O3S2/c1-11-3-5-14-17(9-11)32-22(18(14)19(25)28)27-21(30)16(7-8-31-2)26-20(29)13-6-4-12(23)10-15(13)24/h4,6,10-11,16H,3,5,7-9H2,1-2H3,(H2,25,28)(H,26,29)(H,27,30)/t11-,16-/m0/s1. The molecule has 32 heavy (non-hydrogen) atoms. The van der Waals surface area contributed by atoms with Gasteiger partial charge in [0.05, 0.1) is 16.1 Å². The van der Waals surface area contributed by atoms with Crippen molar-refractivity contribution >= 4 is 69.0 Å². The number of carbonyl (C=O) groups excluding carboxylic acids is 3. The van der Waals surface area contributed by atoms with Gasteiger partial charge in [0, 0.05) is 9.90 Å². The van der Waals surface area contributed by atoms with Crippen molar-refractivity contribution in [2.24, 2.45) is 11.7 Å². The van der Waals surface area contributed by atoms with Gasteiger partial charge in [0.2, 0.25) is 5.91 Å². The van der Waals surface area contributed by atoms with E-state index >= 15 is 0 Å². The van der Waals surface area contributed by atoms with E-state index in [1.807, 2.05) is 6.26 Å². The number of amides is 3. The van der Waals surface area contributed by atoms with Crippen molar-refractivity contribution in [1.29, 1.82) is 0 Å². The predicted octanol–water partition coefficient (Wildman–Crippen LogP) is 4.77. The van der Waals surface area contributed by atoms with Crippen molar-refractivity contribution in [3.63, 3.8) is 0 Å². The molecular weight excluding hydrogens is 489 g/mol. The molecule has 1 aromatic heterocycles. The minimum Gasteiger partial charge on any atom is -0.365 e. The number of nitrogens with one attached hydrogen (secondary N) is 2. The third-order valence-corrected chi connectivity index (χ3v) is 7.76. The molecule has 4 N–H and O–H groups in total. The quantitative estimate of drug-likeness (QED) is 0.473. The Kier molecular flexibility index (Phi) is 8.49. The first kappa shape index (κ1) is 24.9. The van der Waals surface area contributed by atoms with Crippen molar-refractivity contribution in [2.75, 3.05) is 17.3 Å². The van der Waals surface area contributed by atoms with Crippen LogP contribution in [0.4, 0.5) is 5.00 Å². The van der Waals surface area contributed by atoms with Gasteiger partial charge in [0.15, 0.2) is 0 Å². The molecule has 1 heterocycles. The van der Waals surface area contributed by atoms with Crippen LogP contribution in [0.3, 0.4) is 0 Å². The Morgan fingerprint density at radius 1 is 1.31 bits per heavy atom. The van der Waals surface area contributed by atoms with Crippen LogP contribution in [0.5, 0.6) is 0 Å². The summed E-state index contributed by atoms with van der Waals surface area (Å²) in [4.78, 5) is 39.2. The third-order valence-electron chi connectivity index (χ3n) is 5.40. The van der Waals surface area contributed by atoms with Crippen LogP contribution in [-0.4, -0.2) is 35.8 Å². The lowest BCUT2D eigenvalue weighted by Gasteiger charge is -2.19. The third kappa shape index (κ3) is 5.78. The van der Waals surface area contributed by atoms with Crippen molar-refractivity contribution in [3.8, 4) is 0 Å². The van der Waals surface area contributed by atoms with Gasteiger partial charge in [0.25, 0.3) is 11.8 Å². The van der Waals surface area contributed by atoms with Gasteiger partial charge in [0.1, 0.15) is 11.0 Å². The lowest BCUT2D eigenvalue weighted by molar-refractivity contribution is -0.118. The molecule has 1 aliphatic rings. The molecule has 0 unspecified atom stereocenters. The molecule has 0 aliphatic heterocycles. The van der Waals surface area contributed by atoms with E-state index in [-0.39, 0.29) is 10.6 Å². The zero-order valence-electron chi connectivity index (χ0n) is 17.8. The molecule has 0 saturated carbocycles. The largest absolute Gasteiger partial charge is 0.365 e. The van der Waals surface area contributed by atoms with Crippen LogP contribution >= 0.6 is 46.3 Å². The van der Waals surface area contributed by atoms with Crippen LogP contribution in [-0.2, 0) is 17.6 Å². The van der Waals surface area contributed by atoms with Gasteiger partial charge in [-0.25, -0.2) is 0 Å². The molecule has 2 atom stereocenters. The molecule has 0 saturated heterocycles. The number of thiophene rings is 1. The molecule has 0 fully saturated rings. The Labute approximate surface area is 205 Å². The summed E-state index contributed by atoms with van der Waals surface area (Å²) in [7, 11) is 0. The van der Waals surface area contributed by atoms with E-state index in [1.54, 1.807) is 17.8 Å². The number of hydrogen-bond acceptors (Lipinski definition) is 5. The molecular formula is C22H25Cl2N3O3S2. The maximum absolute atomic E-state index is 13.1. The van der Waals surface area contributed by atoms with Crippen molar-refractivity contribution in [1.82, 2.24) is 5.32 Å². The van der Waals surface area contributed by atoms with Gasteiger partial charge in [-0.3, -0.25) is 14.4 Å². The maximum Gasteiger partial charge on any atom is 0.253 e. The Bertz CT molecular complexity index is 1040. The fraction of sp³-hybridized carbons (Fsp3) is 0.409. The number of thioether (sulfide) groups is 1. The summed E-state index contributed by atoms with van der Waals surface area (Å²) in [6.45, 7) is 2.17. The van der Waals surface area contributed by atoms with Gasteiger partial charge in [-0.15, -0.1) is 11.3 Å². The lowest BCUT2D eigenvalue weighted by atomic mass is 9.88. The number of carbonyl (C=O) groups is 3. The number of rotatable bonds is 8. The van der Waals surface area contributed by atoms with Gasteiger partial charge in [-0.05, 0) is 67.4 Å². The Hall–Kier alpha value is -1.74. The number of nitrogens with two attached hydrogens (primary N) is 1. The average molecular weight is 515 g/mol. The zero-order chi connectivity index (χ0) is 23.4. The summed E-state index contributed by atoms with van der Waals surface area (Å²) in [5.74, 6) is -0.240. The van der Waals surface area contributed by atoms with Crippen molar-refractivity contribution in [3.05, 3.63) is 49.8 Å². The minimum atomic E-state index is -0.805. The van der Waals surface area contributed by atoms with Crippen molar-refractivity contribution < 1.29 is 14.4 Å². The summed E-state index contributed by atoms with van der Waals surface area (Å²) < 4.78 is 0. The van der Waals surface area contributed by atoms with Crippen LogP contribution in [0.2, 0.25) is 10.0 Å². The Morgan fingerprint density at radius 3 is 2.72 bits per heavy atom. The highest BCUT2D eigenvalue weighted by molar-refractivity contribution is 7.98. The SMILES string of the molecule is CSCC[C@H](NC(=O)c1ccc(Cl)cc1Cl)C(=O)Nc1sc2c(c1C(N)=O)CC[C@H](C)C2. The number of hydrogen-bond donors (Lipinski definition) is 3. The summed E-state index contributed by atoms with van der Waals surface area (Å²) >= 11 is 15.0. The van der Waals surface area contributed by atoms with Crippen LogP contribution < -0.4 is 16.4 Å². The smallest absolute Gasteiger partial charge is 0.253 e. The molecule has 172 valence electrons. The molecule has 6 nitrogen and oxygen atoms in total. The normalized spacial score (nSPS) is 16.2. The molecule has 0 bridgehead atoms. The van der Waals surface area contributed by atoms with Gasteiger partial charge >= 0.3 is 0 Å². The number of halogens is 2. The molecule has 1 aromatic carbocycles. The number of primary amides is 1. The number of fused-ring (bicyclic) bond motifs is 1.